The molecule has 0 aliphatic rings. The number of carbonyl (C=O) groups is 1. The summed E-state index contributed by atoms with van der Waals surface area (Å²) in [4.78, 5) is 11.8. The Hall–Kier alpha value is -2.35. The minimum Gasteiger partial charge on any atom is -0.352 e. The molecule has 0 radical (unpaired) electrons. The highest BCUT2D eigenvalue weighted by atomic mass is 16.1. The van der Waals surface area contributed by atoms with Crippen molar-refractivity contribution in [2.75, 3.05) is 6.54 Å². The number of amides is 1. The van der Waals surface area contributed by atoms with Gasteiger partial charge in [0.2, 0.25) is 5.91 Å². The third-order valence-electron chi connectivity index (χ3n) is 3.59. The van der Waals surface area contributed by atoms with Gasteiger partial charge >= 0.3 is 0 Å². The van der Waals surface area contributed by atoms with Crippen LogP contribution in [0.15, 0.2) is 60.7 Å². The molecule has 2 aromatic carbocycles. The molecular weight excluding hydrogens is 270 g/mol. The summed E-state index contributed by atoms with van der Waals surface area (Å²) in [6.07, 6.45) is 4.29. The fourth-order valence-corrected chi connectivity index (χ4v) is 2.20. The molecule has 0 unspecified atom stereocenters. The van der Waals surface area contributed by atoms with Crippen LogP contribution >= 0.6 is 0 Å². The molecule has 0 aromatic heterocycles. The van der Waals surface area contributed by atoms with Crippen molar-refractivity contribution < 1.29 is 4.79 Å². The van der Waals surface area contributed by atoms with E-state index in [0.717, 1.165) is 12.0 Å². The van der Waals surface area contributed by atoms with Gasteiger partial charge in [-0.2, -0.15) is 0 Å². The molecule has 0 fully saturated rings. The van der Waals surface area contributed by atoms with Gasteiger partial charge in [-0.3, -0.25) is 4.79 Å². The summed E-state index contributed by atoms with van der Waals surface area (Å²) in [7, 11) is 0. The number of carbonyl (C=O) groups excluding carboxylic acids is 1. The maximum atomic E-state index is 11.8. The van der Waals surface area contributed by atoms with E-state index in [4.69, 9.17) is 0 Å². The van der Waals surface area contributed by atoms with Gasteiger partial charge in [-0.05, 0) is 35.1 Å². The van der Waals surface area contributed by atoms with E-state index in [-0.39, 0.29) is 5.91 Å². The van der Waals surface area contributed by atoms with Crippen LogP contribution in [-0.4, -0.2) is 12.5 Å². The van der Waals surface area contributed by atoms with E-state index in [1.54, 1.807) is 6.08 Å². The van der Waals surface area contributed by atoms with Crippen LogP contribution < -0.4 is 5.32 Å². The first-order valence-corrected chi connectivity index (χ1v) is 7.75. The van der Waals surface area contributed by atoms with Gasteiger partial charge in [0.25, 0.3) is 0 Å². The third kappa shape index (κ3) is 5.21. The van der Waals surface area contributed by atoms with E-state index >= 15 is 0 Å². The summed E-state index contributed by atoms with van der Waals surface area (Å²) in [5.74, 6) is 0.475. The van der Waals surface area contributed by atoms with E-state index < -0.39 is 0 Å². The van der Waals surface area contributed by atoms with Crippen molar-refractivity contribution in [2.24, 2.45) is 0 Å². The van der Waals surface area contributed by atoms with Crippen LogP contribution in [0.4, 0.5) is 0 Å². The van der Waals surface area contributed by atoms with Crippen LogP contribution in [0.25, 0.3) is 6.08 Å². The van der Waals surface area contributed by atoms with Gasteiger partial charge in [-0.25, -0.2) is 0 Å². The molecule has 2 rings (SSSR count). The number of benzene rings is 2. The maximum absolute atomic E-state index is 11.8. The van der Waals surface area contributed by atoms with Gasteiger partial charge in [0.1, 0.15) is 0 Å². The number of rotatable bonds is 6. The summed E-state index contributed by atoms with van der Waals surface area (Å²) in [6.45, 7) is 5.00. The molecule has 0 bridgehead atoms. The Morgan fingerprint density at radius 3 is 2.36 bits per heavy atom. The maximum Gasteiger partial charge on any atom is 0.244 e. The monoisotopic (exact) mass is 293 g/mol. The summed E-state index contributed by atoms with van der Waals surface area (Å²) in [5.41, 5.74) is 3.59. The highest BCUT2D eigenvalue weighted by Gasteiger charge is 1.98. The van der Waals surface area contributed by atoms with Gasteiger partial charge < -0.3 is 5.32 Å². The lowest BCUT2D eigenvalue weighted by Gasteiger charge is -2.05. The van der Waals surface area contributed by atoms with Crippen molar-refractivity contribution in [3.8, 4) is 0 Å². The highest BCUT2D eigenvalue weighted by Crippen LogP contribution is 2.15. The van der Waals surface area contributed by atoms with Crippen molar-refractivity contribution in [1.29, 1.82) is 0 Å². The normalized spacial score (nSPS) is 11.0. The van der Waals surface area contributed by atoms with Gasteiger partial charge in [-0.15, -0.1) is 0 Å². The van der Waals surface area contributed by atoms with Crippen molar-refractivity contribution in [1.82, 2.24) is 5.32 Å². The number of nitrogens with one attached hydrogen (secondary N) is 1. The summed E-state index contributed by atoms with van der Waals surface area (Å²) < 4.78 is 0. The smallest absolute Gasteiger partial charge is 0.244 e. The fourth-order valence-electron chi connectivity index (χ4n) is 2.20. The lowest BCUT2D eigenvalue weighted by molar-refractivity contribution is -0.116. The molecule has 114 valence electrons. The van der Waals surface area contributed by atoms with Crippen LogP contribution in [0.1, 0.15) is 36.5 Å². The molecule has 0 atom stereocenters. The average molecular weight is 293 g/mol. The number of hydrogen-bond acceptors (Lipinski definition) is 1. The Balaban J connectivity index is 1.78. The largest absolute Gasteiger partial charge is 0.352 e. The Morgan fingerprint density at radius 1 is 1.05 bits per heavy atom. The molecule has 2 aromatic rings. The molecule has 0 saturated heterocycles. The Bertz CT molecular complexity index is 612. The van der Waals surface area contributed by atoms with Crippen molar-refractivity contribution in [3.05, 3.63) is 77.4 Å². The lowest BCUT2D eigenvalue weighted by Crippen LogP contribution is -2.23. The molecule has 1 amide bonds. The molecule has 2 nitrogen and oxygen atoms in total. The average Bonchev–Trinajstić information content (AvgIpc) is 2.54. The second kappa shape index (κ2) is 8.18. The second-order valence-electron chi connectivity index (χ2n) is 5.68. The first-order chi connectivity index (χ1) is 10.6. The minimum atomic E-state index is -0.0520. The Kier molecular flexibility index (Phi) is 5.96. The molecule has 2 heteroatoms. The van der Waals surface area contributed by atoms with E-state index in [2.05, 4.69) is 43.4 Å². The first kappa shape index (κ1) is 16.0. The van der Waals surface area contributed by atoms with E-state index in [1.165, 1.54) is 11.1 Å². The third-order valence-corrected chi connectivity index (χ3v) is 3.59. The topological polar surface area (TPSA) is 29.1 Å². The predicted molar refractivity (Wildman–Crippen MR) is 92.7 cm³/mol. The van der Waals surface area contributed by atoms with Crippen LogP contribution in [0.2, 0.25) is 0 Å². The van der Waals surface area contributed by atoms with Crippen LogP contribution in [0.5, 0.6) is 0 Å². The van der Waals surface area contributed by atoms with Crippen LogP contribution in [0, 0.1) is 0 Å². The Labute approximate surface area is 132 Å². The van der Waals surface area contributed by atoms with Crippen molar-refractivity contribution in [2.45, 2.75) is 26.2 Å². The molecule has 0 heterocycles. The first-order valence-electron chi connectivity index (χ1n) is 7.75. The van der Waals surface area contributed by atoms with Gasteiger partial charge in [0.05, 0.1) is 0 Å². The molecule has 0 aliphatic heterocycles. The minimum absolute atomic E-state index is 0.0520. The summed E-state index contributed by atoms with van der Waals surface area (Å²) >= 11 is 0. The van der Waals surface area contributed by atoms with E-state index in [1.807, 2.05) is 36.4 Å². The SMILES string of the molecule is CC(C)c1ccc(/C=C/C(=O)NCCc2ccccc2)cc1. The summed E-state index contributed by atoms with van der Waals surface area (Å²) in [6, 6.07) is 18.5. The van der Waals surface area contributed by atoms with Gasteiger partial charge in [-0.1, -0.05) is 68.4 Å². The van der Waals surface area contributed by atoms with Crippen LogP contribution in [0.3, 0.4) is 0 Å². The standard InChI is InChI=1S/C20H23NO/c1-16(2)19-11-8-18(9-12-19)10-13-20(22)21-15-14-17-6-4-3-5-7-17/h3-13,16H,14-15H2,1-2H3,(H,21,22)/b13-10+. The van der Waals surface area contributed by atoms with E-state index in [9.17, 15) is 4.79 Å². The lowest BCUT2D eigenvalue weighted by atomic mass is 10.0. The summed E-state index contributed by atoms with van der Waals surface area (Å²) in [5, 5.41) is 2.91. The van der Waals surface area contributed by atoms with Crippen molar-refractivity contribution >= 4 is 12.0 Å². The zero-order valence-corrected chi connectivity index (χ0v) is 13.3. The quantitative estimate of drug-likeness (QED) is 0.795. The molecule has 0 aliphatic carbocycles. The fraction of sp³-hybridized carbons (Fsp3) is 0.250. The molecule has 1 N–H and O–H groups in total. The molecule has 0 spiro atoms. The predicted octanol–water partition coefficient (Wildman–Crippen LogP) is 4.18. The molecular formula is C20H23NO. The van der Waals surface area contributed by atoms with Gasteiger partial charge in [0, 0.05) is 12.6 Å². The zero-order valence-electron chi connectivity index (χ0n) is 13.3. The zero-order chi connectivity index (χ0) is 15.8. The van der Waals surface area contributed by atoms with Crippen LogP contribution in [-0.2, 0) is 11.2 Å². The molecule has 22 heavy (non-hydrogen) atoms. The highest BCUT2D eigenvalue weighted by molar-refractivity contribution is 5.91. The van der Waals surface area contributed by atoms with Crippen molar-refractivity contribution in [3.63, 3.8) is 0 Å². The Morgan fingerprint density at radius 2 is 1.73 bits per heavy atom. The number of hydrogen-bond donors (Lipinski definition) is 1. The van der Waals surface area contributed by atoms with Gasteiger partial charge in [0.15, 0.2) is 0 Å². The second-order valence-corrected chi connectivity index (χ2v) is 5.68. The molecule has 0 saturated carbocycles. The van der Waals surface area contributed by atoms with E-state index in [0.29, 0.717) is 12.5 Å².